The summed E-state index contributed by atoms with van der Waals surface area (Å²) >= 11 is 0. The SMILES string of the molecule is N[C@@H](c1ccccc1)c1n[nH]c(CNc2ccccc2)n1. The fourth-order valence-electron chi connectivity index (χ4n) is 2.08. The van der Waals surface area contributed by atoms with Crippen LogP contribution >= 0.6 is 0 Å². The third-order valence-electron chi connectivity index (χ3n) is 3.22. The lowest BCUT2D eigenvalue weighted by atomic mass is 10.1. The monoisotopic (exact) mass is 279 g/mol. The van der Waals surface area contributed by atoms with Gasteiger partial charge in [0.25, 0.3) is 0 Å². The van der Waals surface area contributed by atoms with Crippen molar-refractivity contribution < 1.29 is 0 Å². The van der Waals surface area contributed by atoms with Crippen molar-refractivity contribution in [2.45, 2.75) is 12.6 Å². The van der Waals surface area contributed by atoms with E-state index in [1.54, 1.807) is 0 Å². The summed E-state index contributed by atoms with van der Waals surface area (Å²) in [5, 5.41) is 10.4. The maximum atomic E-state index is 6.17. The number of para-hydroxylation sites is 1. The first kappa shape index (κ1) is 13.3. The quantitative estimate of drug-likeness (QED) is 0.670. The zero-order chi connectivity index (χ0) is 14.5. The molecule has 0 amide bonds. The molecule has 21 heavy (non-hydrogen) atoms. The lowest BCUT2D eigenvalue weighted by Crippen LogP contribution is -2.13. The van der Waals surface area contributed by atoms with Gasteiger partial charge in [-0.3, -0.25) is 5.10 Å². The van der Waals surface area contributed by atoms with Crippen LogP contribution in [0.4, 0.5) is 5.69 Å². The number of rotatable bonds is 5. The van der Waals surface area contributed by atoms with E-state index in [2.05, 4.69) is 20.5 Å². The highest BCUT2D eigenvalue weighted by Gasteiger charge is 2.13. The number of aromatic nitrogens is 3. The van der Waals surface area contributed by atoms with Crippen LogP contribution in [0.1, 0.15) is 23.3 Å². The molecule has 1 aromatic heterocycles. The Kier molecular flexibility index (Phi) is 3.93. The van der Waals surface area contributed by atoms with Crippen LogP contribution in [0.15, 0.2) is 60.7 Å². The standard InChI is InChI=1S/C16H17N5/c17-15(12-7-3-1-4-8-12)16-19-14(20-21-16)11-18-13-9-5-2-6-10-13/h1-10,15,18H,11,17H2,(H,19,20,21)/t15-/m0/s1. The predicted octanol–water partition coefficient (Wildman–Crippen LogP) is 2.46. The average molecular weight is 279 g/mol. The number of nitrogens with two attached hydrogens (primary N) is 1. The highest BCUT2D eigenvalue weighted by Crippen LogP contribution is 2.15. The van der Waals surface area contributed by atoms with Gasteiger partial charge in [-0.15, -0.1) is 0 Å². The number of benzene rings is 2. The van der Waals surface area contributed by atoms with E-state index < -0.39 is 0 Å². The van der Waals surface area contributed by atoms with Gasteiger partial charge in [0.2, 0.25) is 0 Å². The van der Waals surface area contributed by atoms with Gasteiger partial charge >= 0.3 is 0 Å². The van der Waals surface area contributed by atoms with E-state index in [4.69, 9.17) is 5.73 Å². The number of aromatic amines is 1. The van der Waals surface area contributed by atoms with Crippen LogP contribution in [0, 0.1) is 0 Å². The largest absolute Gasteiger partial charge is 0.378 e. The molecule has 0 aliphatic carbocycles. The van der Waals surface area contributed by atoms with Crippen LogP contribution < -0.4 is 11.1 Å². The molecule has 5 heteroatoms. The van der Waals surface area contributed by atoms with Crippen molar-refractivity contribution in [3.63, 3.8) is 0 Å². The molecule has 0 spiro atoms. The molecule has 3 aromatic rings. The molecule has 0 saturated carbocycles. The molecule has 0 radical (unpaired) electrons. The van der Waals surface area contributed by atoms with Crippen molar-refractivity contribution in [1.82, 2.24) is 15.2 Å². The molecular formula is C16H17N5. The Morgan fingerprint density at radius 2 is 1.67 bits per heavy atom. The molecule has 0 bridgehead atoms. The lowest BCUT2D eigenvalue weighted by Gasteiger charge is -2.07. The van der Waals surface area contributed by atoms with Crippen molar-refractivity contribution >= 4 is 5.69 Å². The molecule has 0 saturated heterocycles. The van der Waals surface area contributed by atoms with Gasteiger partial charge in [0.15, 0.2) is 5.82 Å². The molecule has 3 rings (SSSR count). The minimum Gasteiger partial charge on any atom is -0.378 e. The number of hydrogen-bond acceptors (Lipinski definition) is 4. The van der Waals surface area contributed by atoms with Crippen molar-refractivity contribution in [2.75, 3.05) is 5.32 Å². The molecule has 2 aromatic carbocycles. The van der Waals surface area contributed by atoms with Gasteiger partial charge in [0.05, 0.1) is 12.6 Å². The van der Waals surface area contributed by atoms with Crippen molar-refractivity contribution in [1.29, 1.82) is 0 Å². The second-order valence-electron chi connectivity index (χ2n) is 4.75. The Morgan fingerprint density at radius 3 is 2.38 bits per heavy atom. The third-order valence-corrected chi connectivity index (χ3v) is 3.22. The van der Waals surface area contributed by atoms with E-state index in [9.17, 15) is 0 Å². The Balaban J connectivity index is 1.66. The fraction of sp³-hybridized carbons (Fsp3) is 0.125. The van der Waals surface area contributed by atoms with E-state index in [1.165, 1.54) is 0 Å². The van der Waals surface area contributed by atoms with Crippen LogP contribution in [-0.4, -0.2) is 15.2 Å². The molecule has 4 N–H and O–H groups in total. The molecule has 0 unspecified atom stereocenters. The van der Waals surface area contributed by atoms with Crippen LogP contribution in [0.5, 0.6) is 0 Å². The second-order valence-corrected chi connectivity index (χ2v) is 4.75. The molecule has 1 heterocycles. The zero-order valence-corrected chi connectivity index (χ0v) is 11.5. The summed E-state index contributed by atoms with van der Waals surface area (Å²) in [6.45, 7) is 0.582. The Bertz CT molecular complexity index is 678. The minimum absolute atomic E-state index is 0.312. The molecule has 106 valence electrons. The van der Waals surface area contributed by atoms with Crippen molar-refractivity contribution in [3.8, 4) is 0 Å². The first-order valence-corrected chi connectivity index (χ1v) is 6.83. The number of nitrogens with one attached hydrogen (secondary N) is 2. The molecule has 0 fully saturated rings. The van der Waals surface area contributed by atoms with Gasteiger partial charge in [0.1, 0.15) is 5.82 Å². The first-order chi connectivity index (χ1) is 10.3. The summed E-state index contributed by atoms with van der Waals surface area (Å²) in [4.78, 5) is 4.45. The number of anilines is 1. The highest BCUT2D eigenvalue weighted by atomic mass is 15.2. The summed E-state index contributed by atoms with van der Waals surface area (Å²) in [6.07, 6.45) is 0. The van der Waals surface area contributed by atoms with Gasteiger partial charge in [-0.2, -0.15) is 5.10 Å². The summed E-state index contributed by atoms with van der Waals surface area (Å²) in [5.41, 5.74) is 8.21. The van der Waals surface area contributed by atoms with Crippen molar-refractivity contribution in [3.05, 3.63) is 77.9 Å². The van der Waals surface area contributed by atoms with Crippen LogP contribution in [0.25, 0.3) is 0 Å². The molecule has 0 aliphatic rings. The highest BCUT2D eigenvalue weighted by molar-refractivity contribution is 5.42. The smallest absolute Gasteiger partial charge is 0.171 e. The number of H-pyrrole nitrogens is 1. The summed E-state index contributed by atoms with van der Waals surface area (Å²) in [5.74, 6) is 1.37. The maximum absolute atomic E-state index is 6.17. The van der Waals surface area contributed by atoms with E-state index in [-0.39, 0.29) is 6.04 Å². The Hall–Kier alpha value is -2.66. The topological polar surface area (TPSA) is 79.6 Å². The molecular weight excluding hydrogens is 262 g/mol. The number of hydrogen-bond donors (Lipinski definition) is 3. The molecule has 0 aliphatic heterocycles. The van der Waals surface area contributed by atoms with Gasteiger partial charge in [-0.25, -0.2) is 4.98 Å². The van der Waals surface area contributed by atoms with Crippen LogP contribution in [0.2, 0.25) is 0 Å². The van der Waals surface area contributed by atoms with Crippen LogP contribution in [-0.2, 0) is 6.54 Å². The Labute approximate surface area is 123 Å². The average Bonchev–Trinajstić information content (AvgIpc) is 3.03. The van der Waals surface area contributed by atoms with E-state index in [0.29, 0.717) is 12.4 Å². The number of nitrogens with zero attached hydrogens (tertiary/aromatic N) is 2. The van der Waals surface area contributed by atoms with E-state index in [1.807, 2.05) is 60.7 Å². The minimum atomic E-state index is -0.312. The maximum Gasteiger partial charge on any atom is 0.171 e. The van der Waals surface area contributed by atoms with Gasteiger partial charge in [-0.1, -0.05) is 48.5 Å². The fourth-order valence-corrected chi connectivity index (χ4v) is 2.08. The first-order valence-electron chi connectivity index (χ1n) is 6.83. The van der Waals surface area contributed by atoms with Gasteiger partial charge in [0, 0.05) is 5.69 Å². The molecule has 5 nitrogen and oxygen atoms in total. The van der Waals surface area contributed by atoms with Crippen molar-refractivity contribution in [2.24, 2.45) is 5.73 Å². The van der Waals surface area contributed by atoms with Gasteiger partial charge in [-0.05, 0) is 17.7 Å². The normalized spacial score (nSPS) is 12.0. The lowest BCUT2D eigenvalue weighted by molar-refractivity contribution is 0.787. The Morgan fingerprint density at radius 1 is 1.00 bits per heavy atom. The summed E-state index contributed by atoms with van der Waals surface area (Å²) in [6, 6.07) is 19.5. The molecule has 1 atom stereocenters. The summed E-state index contributed by atoms with van der Waals surface area (Å²) < 4.78 is 0. The van der Waals surface area contributed by atoms with Gasteiger partial charge < -0.3 is 11.1 Å². The predicted molar refractivity (Wildman–Crippen MR) is 82.6 cm³/mol. The zero-order valence-electron chi connectivity index (χ0n) is 11.5. The second kappa shape index (κ2) is 6.19. The summed E-state index contributed by atoms with van der Waals surface area (Å²) in [7, 11) is 0. The van der Waals surface area contributed by atoms with E-state index in [0.717, 1.165) is 17.1 Å². The van der Waals surface area contributed by atoms with E-state index >= 15 is 0 Å². The van der Waals surface area contributed by atoms with Crippen LogP contribution in [0.3, 0.4) is 0 Å². The third kappa shape index (κ3) is 3.27.